The Kier molecular flexibility index (Phi) is 2.88. The first-order valence-corrected chi connectivity index (χ1v) is 5.61. The third-order valence-corrected chi connectivity index (χ3v) is 3.00. The third-order valence-electron chi connectivity index (χ3n) is 2.57. The van der Waals surface area contributed by atoms with E-state index < -0.39 is 0 Å². The summed E-state index contributed by atoms with van der Waals surface area (Å²) in [7, 11) is 0. The molecule has 1 aromatic heterocycles. The van der Waals surface area contributed by atoms with Crippen LogP contribution in [0.4, 0.5) is 5.69 Å². The van der Waals surface area contributed by atoms with E-state index in [-0.39, 0.29) is 5.56 Å². The molecule has 0 unspecified atom stereocenters. The molecular formula is C12H13ClN2O. The number of hydrogen-bond acceptors (Lipinski definition) is 2. The molecule has 0 aliphatic rings. The molecular weight excluding hydrogens is 224 g/mol. The van der Waals surface area contributed by atoms with E-state index in [4.69, 9.17) is 17.3 Å². The molecule has 0 bridgehead atoms. The predicted octanol–water partition coefficient (Wildman–Crippen LogP) is 2.72. The van der Waals surface area contributed by atoms with Gasteiger partial charge >= 0.3 is 0 Å². The zero-order valence-corrected chi connectivity index (χ0v) is 9.77. The van der Waals surface area contributed by atoms with Crippen LogP contribution < -0.4 is 11.3 Å². The van der Waals surface area contributed by atoms with Gasteiger partial charge in [-0.15, -0.1) is 0 Å². The van der Waals surface area contributed by atoms with Crippen molar-refractivity contribution in [3.63, 3.8) is 0 Å². The van der Waals surface area contributed by atoms with Crippen LogP contribution in [0, 0.1) is 0 Å². The van der Waals surface area contributed by atoms with Crippen molar-refractivity contribution in [2.45, 2.75) is 19.8 Å². The first-order valence-electron chi connectivity index (χ1n) is 5.23. The maximum Gasteiger partial charge on any atom is 0.253 e. The summed E-state index contributed by atoms with van der Waals surface area (Å²) < 4.78 is 0. The number of nitrogens with two attached hydrogens (primary N) is 1. The minimum Gasteiger partial charge on any atom is -0.399 e. The Morgan fingerprint density at radius 3 is 2.88 bits per heavy atom. The van der Waals surface area contributed by atoms with Gasteiger partial charge in [-0.05, 0) is 24.6 Å². The van der Waals surface area contributed by atoms with Gasteiger partial charge in [0.05, 0.1) is 5.02 Å². The Bertz CT molecular complexity index is 589. The Hall–Kier alpha value is -1.48. The normalized spacial score (nSPS) is 10.9. The van der Waals surface area contributed by atoms with Gasteiger partial charge in [-0.3, -0.25) is 4.79 Å². The van der Waals surface area contributed by atoms with Crippen LogP contribution in [0.2, 0.25) is 5.02 Å². The summed E-state index contributed by atoms with van der Waals surface area (Å²) in [6.07, 6.45) is 1.57. The quantitative estimate of drug-likeness (QED) is 0.788. The van der Waals surface area contributed by atoms with Gasteiger partial charge < -0.3 is 10.7 Å². The average Bonchev–Trinajstić information content (AvgIpc) is 2.26. The number of halogens is 1. The van der Waals surface area contributed by atoms with Gasteiger partial charge in [0.15, 0.2) is 0 Å². The zero-order chi connectivity index (χ0) is 11.7. The molecule has 16 heavy (non-hydrogen) atoms. The van der Waals surface area contributed by atoms with Crippen molar-refractivity contribution in [1.29, 1.82) is 0 Å². The molecule has 2 aromatic rings. The number of benzene rings is 1. The summed E-state index contributed by atoms with van der Waals surface area (Å²) in [5.74, 6) is 0. The second-order valence-corrected chi connectivity index (χ2v) is 4.18. The average molecular weight is 237 g/mol. The number of anilines is 1. The van der Waals surface area contributed by atoms with Crippen molar-refractivity contribution in [1.82, 2.24) is 4.98 Å². The lowest BCUT2D eigenvalue weighted by atomic mass is 10.1. The van der Waals surface area contributed by atoms with E-state index in [0.717, 1.165) is 17.3 Å². The molecule has 4 heteroatoms. The third kappa shape index (κ3) is 1.78. The van der Waals surface area contributed by atoms with Crippen molar-refractivity contribution in [3.8, 4) is 0 Å². The van der Waals surface area contributed by atoms with Crippen LogP contribution in [0.25, 0.3) is 10.9 Å². The van der Waals surface area contributed by atoms with Crippen LogP contribution in [0.1, 0.15) is 18.9 Å². The van der Waals surface area contributed by atoms with Gasteiger partial charge in [0, 0.05) is 22.2 Å². The largest absolute Gasteiger partial charge is 0.399 e. The molecule has 84 valence electrons. The van der Waals surface area contributed by atoms with Crippen LogP contribution in [-0.4, -0.2) is 4.98 Å². The zero-order valence-electron chi connectivity index (χ0n) is 9.01. The summed E-state index contributed by atoms with van der Waals surface area (Å²) in [6.45, 7) is 2.01. The molecule has 0 fully saturated rings. The van der Waals surface area contributed by atoms with E-state index in [1.807, 2.05) is 6.92 Å². The molecule has 3 nitrogen and oxygen atoms in total. The van der Waals surface area contributed by atoms with Crippen molar-refractivity contribution >= 4 is 28.2 Å². The molecule has 0 aliphatic carbocycles. The summed E-state index contributed by atoms with van der Waals surface area (Å²) >= 11 is 6.22. The molecule has 0 aliphatic heterocycles. The molecule has 0 spiro atoms. The Morgan fingerprint density at radius 2 is 2.19 bits per heavy atom. The van der Waals surface area contributed by atoms with E-state index in [1.54, 1.807) is 18.2 Å². The van der Waals surface area contributed by atoms with Crippen molar-refractivity contribution in [2.75, 3.05) is 5.73 Å². The number of H-pyrrole nitrogens is 1. The van der Waals surface area contributed by atoms with Crippen molar-refractivity contribution < 1.29 is 0 Å². The summed E-state index contributed by atoms with van der Waals surface area (Å²) in [5.41, 5.74) is 7.61. The highest BCUT2D eigenvalue weighted by atomic mass is 35.5. The monoisotopic (exact) mass is 236 g/mol. The maximum atomic E-state index is 11.8. The SMILES string of the molecule is CCCc1c(Cl)c2cc(N)ccc2[nH]c1=O. The molecule has 2 rings (SSSR count). The number of aromatic nitrogens is 1. The van der Waals surface area contributed by atoms with Crippen LogP contribution >= 0.6 is 11.6 Å². The summed E-state index contributed by atoms with van der Waals surface area (Å²) in [4.78, 5) is 14.6. The molecule has 0 atom stereocenters. The van der Waals surface area contributed by atoms with Crippen LogP contribution in [0.5, 0.6) is 0 Å². The van der Waals surface area contributed by atoms with E-state index >= 15 is 0 Å². The Morgan fingerprint density at radius 1 is 1.44 bits per heavy atom. The van der Waals surface area contributed by atoms with Crippen molar-refractivity contribution in [3.05, 3.63) is 39.1 Å². The smallest absolute Gasteiger partial charge is 0.253 e. The first-order chi connectivity index (χ1) is 7.63. The van der Waals surface area contributed by atoms with E-state index in [2.05, 4.69) is 4.98 Å². The molecule has 1 aromatic carbocycles. The molecule has 0 amide bonds. The second kappa shape index (κ2) is 4.18. The fourth-order valence-electron chi connectivity index (χ4n) is 1.79. The Balaban J connectivity index is 2.79. The van der Waals surface area contributed by atoms with Crippen molar-refractivity contribution in [2.24, 2.45) is 0 Å². The lowest BCUT2D eigenvalue weighted by Crippen LogP contribution is -2.13. The van der Waals surface area contributed by atoms with Gasteiger partial charge in [-0.1, -0.05) is 24.9 Å². The number of rotatable bonds is 2. The standard InChI is InChI=1S/C12H13ClN2O/c1-2-3-8-11(13)9-6-7(14)4-5-10(9)15-12(8)16/h4-6H,2-3,14H2,1H3,(H,15,16). The highest BCUT2D eigenvalue weighted by Crippen LogP contribution is 2.25. The van der Waals surface area contributed by atoms with Gasteiger partial charge in [0.1, 0.15) is 0 Å². The van der Waals surface area contributed by atoms with E-state index in [9.17, 15) is 4.79 Å². The fourth-order valence-corrected chi connectivity index (χ4v) is 2.12. The van der Waals surface area contributed by atoms with Gasteiger partial charge in [-0.2, -0.15) is 0 Å². The van der Waals surface area contributed by atoms with Crippen LogP contribution in [0.15, 0.2) is 23.0 Å². The number of aromatic amines is 1. The maximum absolute atomic E-state index is 11.8. The van der Waals surface area contributed by atoms with Crippen LogP contribution in [-0.2, 0) is 6.42 Å². The minimum atomic E-state index is -0.107. The number of pyridine rings is 1. The summed E-state index contributed by atoms with van der Waals surface area (Å²) in [5, 5.41) is 1.33. The number of hydrogen-bond donors (Lipinski definition) is 2. The lowest BCUT2D eigenvalue weighted by Gasteiger charge is -2.06. The number of fused-ring (bicyclic) bond motifs is 1. The lowest BCUT2D eigenvalue weighted by molar-refractivity contribution is 0.906. The second-order valence-electron chi connectivity index (χ2n) is 3.80. The van der Waals surface area contributed by atoms with E-state index in [0.29, 0.717) is 22.7 Å². The topological polar surface area (TPSA) is 58.9 Å². The van der Waals surface area contributed by atoms with E-state index in [1.165, 1.54) is 0 Å². The number of nitrogens with one attached hydrogen (secondary N) is 1. The Labute approximate surface area is 98.2 Å². The van der Waals surface area contributed by atoms with Gasteiger partial charge in [-0.25, -0.2) is 0 Å². The molecule has 1 heterocycles. The molecule has 0 saturated carbocycles. The fraction of sp³-hybridized carbons (Fsp3) is 0.250. The van der Waals surface area contributed by atoms with Crippen LogP contribution in [0.3, 0.4) is 0 Å². The highest BCUT2D eigenvalue weighted by molar-refractivity contribution is 6.36. The minimum absolute atomic E-state index is 0.107. The molecule has 3 N–H and O–H groups in total. The first kappa shape index (κ1) is 11.0. The van der Waals surface area contributed by atoms with Gasteiger partial charge in [0.2, 0.25) is 0 Å². The predicted molar refractivity (Wildman–Crippen MR) is 68.0 cm³/mol. The summed E-state index contributed by atoms with van der Waals surface area (Å²) in [6, 6.07) is 5.30. The molecule has 0 radical (unpaired) electrons. The van der Waals surface area contributed by atoms with Gasteiger partial charge in [0.25, 0.3) is 5.56 Å². The molecule has 0 saturated heterocycles. The number of nitrogen functional groups attached to an aromatic ring is 1. The highest BCUT2D eigenvalue weighted by Gasteiger charge is 2.09.